The summed E-state index contributed by atoms with van der Waals surface area (Å²) in [6, 6.07) is 7.39. The number of rotatable bonds is 8. The molecule has 0 saturated carbocycles. The fraction of sp³-hybridized carbons (Fsp3) is 0.517. The fourth-order valence-electron chi connectivity index (χ4n) is 4.45. The minimum atomic E-state index is 0.735. The highest BCUT2D eigenvalue weighted by Crippen LogP contribution is 2.34. The summed E-state index contributed by atoms with van der Waals surface area (Å²) in [5, 5.41) is 13.2. The Hall–Kier alpha value is -2.53. The van der Waals surface area contributed by atoms with Crippen LogP contribution in [-0.2, 0) is 0 Å². The molecule has 6 nitrogen and oxygen atoms in total. The van der Waals surface area contributed by atoms with Crippen LogP contribution in [-0.4, -0.2) is 54.3 Å². The van der Waals surface area contributed by atoms with Crippen LogP contribution < -0.4 is 10.6 Å². The summed E-state index contributed by atoms with van der Waals surface area (Å²) in [5.41, 5.74) is 6.05. The highest BCUT2D eigenvalue weighted by Gasteiger charge is 2.37. The van der Waals surface area contributed by atoms with E-state index in [4.69, 9.17) is 10.3 Å². The predicted octanol–water partition coefficient (Wildman–Crippen LogP) is 5.84. The van der Waals surface area contributed by atoms with Gasteiger partial charge >= 0.3 is 0 Å². The molecule has 196 valence electrons. The summed E-state index contributed by atoms with van der Waals surface area (Å²) in [4.78, 5) is 8.85. The highest BCUT2D eigenvalue weighted by molar-refractivity contribution is 7.97. The number of likely N-dealkylation sites (tertiary alicyclic amines) is 1. The third kappa shape index (κ3) is 7.25. The SMILES string of the molecule is C#N.C=C(CCC)C1=C(NC)C(=C)NC(c2cc(SN3CC(N4CC(C)C4)C3)ccc2C)=N1.CCC. The van der Waals surface area contributed by atoms with Crippen molar-refractivity contribution in [3.63, 3.8) is 0 Å². The van der Waals surface area contributed by atoms with Crippen LogP contribution in [0.15, 0.2) is 63.9 Å². The molecule has 4 rings (SSSR count). The van der Waals surface area contributed by atoms with E-state index in [0.717, 1.165) is 72.0 Å². The molecule has 0 atom stereocenters. The van der Waals surface area contributed by atoms with Crippen LogP contribution >= 0.6 is 11.9 Å². The number of nitrogens with one attached hydrogen (secondary N) is 2. The molecule has 2 saturated heterocycles. The molecule has 0 aromatic heterocycles. The molecule has 0 unspecified atom stereocenters. The van der Waals surface area contributed by atoms with Gasteiger partial charge in [-0.05, 0) is 54.5 Å². The number of aryl methyl sites for hydroxylation is 1. The molecule has 0 aliphatic carbocycles. The van der Waals surface area contributed by atoms with Crippen molar-refractivity contribution >= 4 is 17.8 Å². The number of benzene rings is 1. The first-order valence-corrected chi connectivity index (χ1v) is 13.8. The monoisotopic (exact) mass is 508 g/mol. The molecule has 3 aliphatic heterocycles. The number of amidine groups is 1. The molecule has 36 heavy (non-hydrogen) atoms. The van der Waals surface area contributed by atoms with Crippen LogP contribution in [0.25, 0.3) is 0 Å². The van der Waals surface area contributed by atoms with Gasteiger partial charge in [-0.15, -0.1) is 0 Å². The zero-order valence-electron chi connectivity index (χ0n) is 23.0. The van der Waals surface area contributed by atoms with Gasteiger partial charge in [-0.25, -0.2) is 14.6 Å². The Morgan fingerprint density at radius 3 is 2.42 bits per heavy atom. The maximum Gasteiger partial charge on any atom is 0.138 e. The van der Waals surface area contributed by atoms with Gasteiger partial charge in [0.25, 0.3) is 0 Å². The van der Waals surface area contributed by atoms with E-state index in [9.17, 15) is 0 Å². The fourth-order valence-corrected chi connectivity index (χ4v) is 5.54. The van der Waals surface area contributed by atoms with Gasteiger partial charge in [-0.1, -0.05) is 59.8 Å². The summed E-state index contributed by atoms with van der Waals surface area (Å²) >= 11 is 1.85. The van der Waals surface area contributed by atoms with Crippen molar-refractivity contribution in [2.75, 3.05) is 33.2 Å². The topological polar surface area (TPSA) is 66.7 Å². The number of allylic oxidation sites excluding steroid dienone is 1. The zero-order valence-corrected chi connectivity index (χ0v) is 23.8. The highest BCUT2D eigenvalue weighted by atomic mass is 32.2. The average molecular weight is 509 g/mol. The average Bonchev–Trinajstić information content (AvgIpc) is 2.82. The summed E-state index contributed by atoms with van der Waals surface area (Å²) in [6.45, 7) is 27.7. The van der Waals surface area contributed by atoms with Gasteiger partial charge in [0.15, 0.2) is 0 Å². The Kier molecular flexibility index (Phi) is 11.8. The van der Waals surface area contributed by atoms with E-state index < -0.39 is 0 Å². The van der Waals surface area contributed by atoms with E-state index in [1.807, 2.05) is 19.0 Å². The molecular weight excluding hydrogens is 464 g/mol. The minimum absolute atomic E-state index is 0.735. The van der Waals surface area contributed by atoms with Crippen LogP contribution in [0.2, 0.25) is 0 Å². The van der Waals surface area contributed by atoms with Gasteiger partial charge < -0.3 is 10.6 Å². The number of likely N-dealkylation sites (N-methyl/N-ethyl adjacent to an activating group) is 1. The molecule has 2 N–H and O–H groups in total. The Bertz CT molecular complexity index is 996. The third-order valence-corrected chi connectivity index (χ3v) is 7.33. The molecule has 1 aromatic rings. The maximum absolute atomic E-state index is 6.50. The second-order valence-corrected chi connectivity index (χ2v) is 10.9. The number of hydrogen-bond acceptors (Lipinski definition) is 7. The molecule has 3 heterocycles. The van der Waals surface area contributed by atoms with Crippen LogP contribution in [0.4, 0.5) is 0 Å². The van der Waals surface area contributed by atoms with Gasteiger partial charge in [-0.2, -0.15) is 0 Å². The van der Waals surface area contributed by atoms with E-state index in [0.29, 0.717) is 0 Å². The zero-order chi connectivity index (χ0) is 26.8. The first-order valence-electron chi connectivity index (χ1n) is 13.0. The van der Waals surface area contributed by atoms with Gasteiger partial charge in [0.05, 0.1) is 17.1 Å². The summed E-state index contributed by atoms with van der Waals surface area (Å²) in [7, 11) is 1.91. The molecule has 0 radical (unpaired) electrons. The predicted molar refractivity (Wildman–Crippen MR) is 155 cm³/mol. The molecule has 1 aromatic carbocycles. The standard InChI is InChI=1S/C25H35N5S.C3H8.CHN/c1-7-8-18(4)23-24(26-6)19(5)27-25(28-23)22-11-21(10-9-17(22)3)31-30-14-20(15-30)29-12-16(2)13-29;1-3-2;1-2/h9-11,16,20,26H,4-5,7-8,12-15H2,1-3,6H3,(H,27,28);3H2,1-2H3;1H. The molecule has 0 spiro atoms. The number of aliphatic imine (C=N–C) groups is 1. The quantitative estimate of drug-likeness (QED) is 0.430. The lowest BCUT2D eigenvalue weighted by Gasteiger charge is -2.50. The van der Waals surface area contributed by atoms with E-state index >= 15 is 0 Å². The largest absolute Gasteiger partial charge is 0.385 e. The second-order valence-electron chi connectivity index (χ2n) is 9.73. The van der Waals surface area contributed by atoms with Crippen molar-refractivity contribution in [2.45, 2.75) is 64.8 Å². The Balaban J connectivity index is 0.000000850. The lowest BCUT2D eigenvalue weighted by molar-refractivity contribution is 0.00920. The molecular formula is C29H44N6S. The van der Waals surface area contributed by atoms with Gasteiger partial charge in [0, 0.05) is 56.3 Å². The van der Waals surface area contributed by atoms with Gasteiger partial charge in [0.1, 0.15) is 5.84 Å². The molecule has 0 bridgehead atoms. The van der Waals surface area contributed by atoms with Gasteiger partial charge in [-0.3, -0.25) is 4.90 Å². The van der Waals surface area contributed by atoms with Crippen molar-refractivity contribution in [2.24, 2.45) is 10.9 Å². The summed E-state index contributed by atoms with van der Waals surface area (Å²) in [5.74, 6) is 1.72. The van der Waals surface area contributed by atoms with Crippen LogP contribution in [0.5, 0.6) is 0 Å². The van der Waals surface area contributed by atoms with E-state index in [-0.39, 0.29) is 0 Å². The van der Waals surface area contributed by atoms with E-state index in [2.05, 4.69) is 92.4 Å². The first kappa shape index (κ1) is 29.7. The van der Waals surface area contributed by atoms with Gasteiger partial charge in [0.2, 0.25) is 0 Å². The summed E-state index contributed by atoms with van der Waals surface area (Å²) in [6.07, 6.45) is 3.22. The van der Waals surface area contributed by atoms with Crippen molar-refractivity contribution in [1.82, 2.24) is 19.8 Å². The number of nitriles is 1. The van der Waals surface area contributed by atoms with Crippen molar-refractivity contribution in [3.8, 4) is 6.57 Å². The molecule has 2 fully saturated rings. The lowest BCUT2D eigenvalue weighted by atomic mass is 9.97. The Morgan fingerprint density at radius 2 is 1.86 bits per heavy atom. The minimum Gasteiger partial charge on any atom is -0.385 e. The number of nitrogens with zero attached hydrogens (tertiary/aromatic N) is 4. The third-order valence-electron chi connectivity index (χ3n) is 6.30. The van der Waals surface area contributed by atoms with Crippen LogP contribution in [0.3, 0.4) is 0 Å². The maximum atomic E-state index is 6.50. The molecule has 7 heteroatoms. The van der Waals surface area contributed by atoms with Crippen molar-refractivity contribution < 1.29 is 0 Å². The van der Waals surface area contributed by atoms with E-state index in [1.165, 1.54) is 30.0 Å². The summed E-state index contributed by atoms with van der Waals surface area (Å²) < 4.78 is 2.46. The van der Waals surface area contributed by atoms with E-state index in [1.54, 1.807) is 0 Å². The number of hydrogen-bond donors (Lipinski definition) is 2. The first-order chi connectivity index (χ1) is 17.3. The Labute approximate surface area is 223 Å². The normalized spacial score (nSPS) is 18.4. The van der Waals surface area contributed by atoms with Crippen molar-refractivity contribution in [3.05, 3.63) is 65.1 Å². The Morgan fingerprint density at radius 1 is 1.22 bits per heavy atom. The van der Waals surface area contributed by atoms with Crippen LogP contribution in [0.1, 0.15) is 58.1 Å². The lowest BCUT2D eigenvalue weighted by Crippen LogP contribution is -2.62. The molecule has 0 amide bonds. The molecule has 3 aliphatic rings. The van der Waals surface area contributed by atoms with Crippen LogP contribution in [0, 0.1) is 24.7 Å². The van der Waals surface area contributed by atoms with Crippen molar-refractivity contribution in [1.29, 1.82) is 5.26 Å². The second kappa shape index (κ2) is 14.3. The smallest absolute Gasteiger partial charge is 0.138 e.